The molecule has 0 aliphatic heterocycles. The summed E-state index contributed by atoms with van der Waals surface area (Å²) in [6.45, 7) is 1.10. The first-order valence-corrected chi connectivity index (χ1v) is 8.69. The lowest BCUT2D eigenvalue weighted by molar-refractivity contribution is 0.0696. The number of carboxylic acid groups (broad SMARTS) is 1. The second-order valence-corrected chi connectivity index (χ2v) is 6.38. The van der Waals surface area contributed by atoms with Crippen LogP contribution in [0, 0.1) is 0 Å². The summed E-state index contributed by atoms with van der Waals surface area (Å²) in [5.74, 6) is -1.50. The maximum atomic E-state index is 12.6. The fourth-order valence-corrected chi connectivity index (χ4v) is 2.67. The van der Waals surface area contributed by atoms with E-state index in [1.807, 2.05) is 0 Å². The Bertz CT molecular complexity index is 1030. The van der Waals surface area contributed by atoms with Gasteiger partial charge in [0.25, 0.3) is 1.43 Å². The molecule has 0 atom stereocenters. The zero-order valence-electron chi connectivity index (χ0n) is 19.3. The smallest absolute Gasteiger partial charge is 0.335 e. The third kappa shape index (κ3) is 4.94. The Hall–Kier alpha value is -2.58. The Kier molecular flexibility index (Phi) is 3.80. The maximum Gasteiger partial charge on any atom is 0.335 e. The van der Waals surface area contributed by atoms with Gasteiger partial charge in [0, 0.05) is 9.29 Å². The summed E-state index contributed by atoms with van der Waals surface area (Å²) in [4.78, 5) is 11.2. The molecule has 25 heavy (non-hydrogen) atoms. The van der Waals surface area contributed by atoms with E-state index in [1.165, 1.54) is 19.1 Å². The van der Waals surface area contributed by atoms with E-state index >= 15 is 0 Å². The van der Waals surface area contributed by atoms with Gasteiger partial charge in [0.2, 0.25) is 10.0 Å². The number of nitrogens with one attached hydrogen (secondary N) is 1. The average molecular weight is 370 g/mol. The SMILES string of the molecule is [2H]OC(=O)c1cc(N([2H])CCC([2H])([2H])C)c(Oc2ccccc2)c(S(=O)(=O)N([2H])[2H])c1. The van der Waals surface area contributed by atoms with Crippen LogP contribution in [-0.4, -0.2) is 26.0 Å². The first-order valence-electron chi connectivity index (χ1n) is 10.00. The van der Waals surface area contributed by atoms with Crippen LogP contribution < -0.4 is 15.2 Å². The normalized spacial score (nSPS) is 15.1. The van der Waals surface area contributed by atoms with Crippen LogP contribution in [0.1, 0.15) is 32.8 Å². The third-order valence-corrected chi connectivity index (χ3v) is 4.01. The van der Waals surface area contributed by atoms with E-state index in [1.54, 1.807) is 18.2 Å². The maximum absolute atomic E-state index is 12.6. The number of anilines is 1. The van der Waals surface area contributed by atoms with Crippen molar-refractivity contribution in [3.63, 3.8) is 0 Å². The fraction of sp³-hybridized carbons (Fsp3) is 0.235. The summed E-state index contributed by atoms with van der Waals surface area (Å²) in [7, 11) is -4.80. The molecule has 2 aromatic rings. The first-order chi connectivity index (χ1) is 14.4. The summed E-state index contributed by atoms with van der Waals surface area (Å²) in [5.41, 5.74) is -0.681. The van der Waals surface area contributed by atoms with Crippen molar-refractivity contribution in [1.82, 2.24) is 0 Å². The van der Waals surface area contributed by atoms with E-state index in [-0.39, 0.29) is 24.4 Å². The second kappa shape index (κ2) is 8.00. The minimum Gasteiger partial charge on any atom is -0.478 e. The van der Waals surface area contributed by atoms with Gasteiger partial charge in [-0.3, -0.25) is 0 Å². The Balaban J connectivity index is 2.75. The number of rotatable bonds is 9. The summed E-state index contributed by atoms with van der Waals surface area (Å²) in [6.07, 6.45) is -1.75. The number of carbonyl (C=O) groups is 1. The van der Waals surface area contributed by atoms with Gasteiger partial charge in [-0.1, -0.05) is 31.5 Å². The largest absolute Gasteiger partial charge is 0.478 e. The molecule has 4 N–H and O–H groups in total. The Morgan fingerprint density at radius 2 is 2.20 bits per heavy atom. The van der Waals surface area contributed by atoms with E-state index < -0.39 is 43.7 Å². The van der Waals surface area contributed by atoms with Crippen LogP contribution in [0.4, 0.5) is 5.69 Å². The number of nitrogens with two attached hydrogens (primary N) is 1. The van der Waals surface area contributed by atoms with E-state index in [4.69, 9.17) is 13.1 Å². The molecule has 2 aromatic carbocycles. The molecule has 0 amide bonds. The summed E-state index contributed by atoms with van der Waals surface area (Å²) in [5, 5.41) is 4.06. The lowest BCUT2D eigenvalue weighted by atomic mass is 10.1. The zero-order valence-corrected chi connectivity index (χ0v) is 14.1. The highest BCUT2D eigenvalue weighted by molar-refractivity contribution is 7.89. The number of aromatic carboxylic acids is 1. The monoisotopic (exact) mass is 370 g/mol. The van der Waals surface area contributed by atoms with E-state index in [2.05, 4.69) is 5.11 Å². The van der Waals surface area contributed by atoms with Gasteiger partial charge in [-0.05, 0) is 30.7 Å². The van der Waals surface area contributed by atoms with Gasteiger partial charge < -0.3 is 15.2 Å². The van der Waals surface area contributed by atoms with Crippen molar-refractivity contribution in [2.24, 2.45) is 5.13 Å². The van der Waals surface area contributed by atoms with Gasteiger partial charge in [-0.25, -0.2) is 18.3 Å². The van der Waals surface area contributed by atoms with Gasteiger partial charge in [0.15, 0.2) is 7.16 Å². The van der Waals surface area contributed by atoms with Gasteiger partial charge in [0.1, 0.15) is 13.5 Å². The molecule has 0 aliphatic rings. The number of benzene rings is 2. The Morgan fingerprint density at radius 3 is 2.84 bits per heavy atom. The minimum atomic E-state index is -4.80. The molecule has 0 heterocycles. The number of hydrogen-bond donors (Lipinski definition) is 3. The molecule has 0 saturated carbocycles. The Labute approximate surface area is 155 Å². The van der Waals surface area contributed by atoms with Crippen LogP contribution in [0.3, 0.4) is 0 Å². The number of carboxylic acids is 1. The molecule has 8 heteroatoms. The minimum absolute atomic E-state index is 0.112. The molecule has 0 bridgehead atoms. The molecule has 0 saturated heterocycles. The molecular formula is C17H20N2O5S. The summed E-state index contributed by atoms with van der Waals surface area (Å²) < 4.78 is 75.8. The number of ether oxygens (including phenoxy) is 1. The standard InChI is InChI=1S/C17H20N2O5S/c1-2-3-9-19-14-10-12(17(20)21)11-15(25(18,22)23)16(14)24-13-7-5-4-6-8-13/h4-8,10-11,19H,2-3,9H2,1H3,(H,20,21)(H2,18,22,23)/i2D2/hD4. The number of hydrogen-bond acceptors (Lipinski definition) is 6. The topological polar surface area (TPSA) is 119 Å². The van der Waals surface area contributed by atoms with Crippen LogP contribution >= 0.6 is 0 Å². The molecule has 7 nitrogen and oxygen atoms in total. The first kappa shape index (κ1) is 11.9. The van der Waals surface area contributed by atoms with Gasteiger partial charge >= 0.3 is 5.97 Å². The number of sulfonamides is 1. The summed E-state index contributed by atoms with van der Waals surface area (Å²) >= 11 is 0. The van der Waals surface area contributed by atoms with Crippen molar-refractivity contribution in [3.05, 3.63) is 48.0 Å². The van der Waals surface area contributed by atoms with Crippen molar-refractivity contribution < 1.29 is 30.0 Å². The van der Waals surface area contributed by atoms with Crippen LogP contribution in [0.25, 0.3) is 1.43 Å². The lowest BCUT2D eigenvalue weighted by Gasteiger charge is -2.17. The molecular weight excluding hydrogens is 344 g/mol. The van der Waals surface area contributed by atoms with Crippen molar-refractivity contribution in [1.29, 1.82) is 1.43 Å². The van der Waals surface area contributed by atoms with Crippen LogP contribution in [0.5, 0.6) is 11.5 Å². The molecule has 0 spiro atoms. The van der Waals surface area contributed by atoms with E-state index in [0.29, 0.717) is 0 Å². The number of primary sulfonamides is 1. The molecule has 134 valence electrons. The molecule has 0 radical (unpaired) electrons. The van der Waals surface area contributed by atoms with Crippen molar-refractivity contribution in [2.75, 3.05) is 11.9 Å². The average Bonchev–Trinajstić information content (AvgIpc) is 2.71. The number of para-hydroxylation sites is 1. The lowest BCUT2D eigenvalue weighted by Crippen LogP contribution is -2.16. The van der Waals surface area contributed by atoms with Crippen molar-refractivity contribution in [2.45, 2.75) is 24.6 Å². The van der Waals surface area contributed by atoms with Gasteiger partial charge in [-0.15, -0.1) is 0 Å². The van der Waals surface area contributed by atoms with Crippen LogP contribution in [-0.2, 0) is 10.0 Å². The predicted octanol–water partition coefficient (Wildman–Crippen LogP) is 3.04. The van der Waals surface area contributed by atoms with Crippen molar-refractivity contribution in [3.8, 4) is 11.5 Å². The quantitative estimate of drug-likeness (QED) is 0.624. The molecule has 0 aromatic heterocycles. The molecule has 2 rings (SSSR count). The van der Waals surface area contributed by atoms with Crippen LogP contribution in [0.2, 0.25) is 4.24 Å². The van der Waals surface area contributed by atoms with Crippen LogP contribution in [0.15, 0.2) is 47.4 Å². The Morgan fingerprint density at radius 1 is 1.44 bits per heavy atom. The van der Waals surface area contributed by atoms with E-state index in [0.717, 1.165) is 17.4 Å². The molecule has 0 unspecified atom stereocenters. The van der Waals surface area contributed by atoms with Gasteiger partial charge in [-0.2, -0.15) is 0 Å². The highest BCUT2D eigenvalue weighted by Gasteiger charge is 2.23. The highest BCUT2D eigenvalue weighted by Crippen LogP contribution is 2.37. The van der Waals surface area contributed by atoms with Crippen molar-refractivity contribution >= 4 is 21.7 Å². The molecule has 0 aliphatic carbocycles. The van der Waals surface area contributed by atoms with Gasteiger partial charge in [0.05, 0.1) is 11.3 Å². The fourth-order valence-electron chi connectivity index (χ4n) is 2.01. The highest BCUT2D eigenvalue weighted by atomic mass is 32.2. The predicted molar refractivity (Wildman–Crippen MR) is 94.7 cm³/mol. The molecule has 0 fully saturated rings. The summed E-state index contributed by atoms with van der Waals surface area (Å²) in [6, 6.07) is 9.77. The third-order valence-electron chi connectivity index (χ3n) is 3.16. The zero-order chi connectivity index (χ0) is 23.4. The van der Waals surface area contributed by atoms with E-state index in [9.17, 15) is 13.2 Å². The second-order valence-electron chi connectivity index (χ2n) is 4.99.